The van der Waals surface area contributed by atoms with Crippen LogP contribution in [0.3, 0.4) is 0 Å². The second-order valence-electron chi connectivity index (χ2n) is 2.83. The maximum absolute atomic E-state index is 11.9. The molecule has 4 nitrogen and oxygen atoms in total. The second-order valence-corrected chi connectivity index (χ2v) is 2.83. The van der Waals surface area contributed by atoms with Crippen LogP contribution in [-0.2, 0) is 4.79 Å². The SMILES string of the molecule is O=C(O)[C@@H](O)c1ccccc1OC(F)(F)F. The Hall–Kier alpha value is -1.76. The number of hydrogen-bond acceptors (Lipinski definition) is 3. The Morgan fingerprint density at radius 3 is 2.38 bits per heavy atom. The van der Waals surface area contributed by atoms with E-state index in [1.807, 2.05) is 0 Å². The van der Waals surface area contributed by atoms with Crippen LogP contribution in [0.5, 0.6) is 5.75 Å². The zero-order valence-electron chi connectivity index (χ0n) is 7.73. The number of hydrogen-bond donors (Lipinski definition) is 2. The summed E-state index contributed by atoms with van der Waals surface area (Å²) in [6.07, 6.45) is -6.99. The highest BCUT2D eigenvalue weighted by molar-refractivity contribution is 5.75. The Labute approximate surface area is 87.9 Å². The number of carboxylic acid groups (broad SMARTS) is 1. The molecule has 0 unspecified atom stereocenters. The third-order valence-electron chi connectivity index (χ3n) is 1.67. The number of benzene rings is 1. The van der Waals surface area contributed by atoms with Crippen molar-refractivity contribution >= 4 is 5.97 Å². The fraction of sp³-hybridized carbons (Fsp3) is 0.222. The molecule has 0 aromatic heterocycles. The van der Waals surface area contributed by atoms with E-state index in [0.717, 1.165) is 12.1 Å². The summed E-state index contributed by atoms with van der Waals surface area (Å²) >= 11 is 0. The first kappa shape index (κ1) is 12.3. The Balaban J connectivity index is 3.05. The van der Waals surface area contributed by atoms with Crippen molar-refractivity contribution in [2.45, 2.75) is 12.5 Å². The lowest BCUT2D eigenvalue weighted by Gasteiger charge is -2.14. The van der Waals surface area contributed by atoms with Gasteiger partial charge in [-0.25, -0.2) is 4.79 Å². The lowest BCUT2D eigenvalue weighted by molar-refractivity contribution is -0.275. The highest BCUT2D eigenvalue weighted by Gasteiger charge is 2.33. The molecule has 16 heavy (non-hydrogen) atoms. The van der Waals surface area contributed by atoms with Gasteiger partial charge in [-0.3, -0.25) is 0 Å². The number of aliphatic hydroxyl groups excluding tert-OH is 1. The average Bonchev–Trinajstić information content (AvgIpc) is 2.15. The van der Waals surface area contributed by atoms with Gasteiger partial charge in [-0.05, 0) is 6.07 Å². The van der Waals surface area contributed by atoms with E-state index in [2.05, 4.69) is 4.74 Å². The van der Waals surface area contributed by atoms with Crippen LogP contribution in [0, 0.1) is 0 Å². The fourth-order valence-electron chi connectivity index (χ4n) is 1.06. The van der Waals surface area contributed by atoms with Crippen LogP contribution in [0.4, 0.5) is 13.2 Å². The molecular formula is C9H7F3O4. The molecule has 0 bridgehead atoms. The highest BCUT2D eigenvalue weighted by Crippen LogP contribution is 2.30. The molecule has 1 atom stereocenters. The van der Waals surface area contributed by atoms with E-state index in [9.17, 15) is 18.0 Å². The fourth-order valence-corrected chi connectivity index (χ4v) is 1.06. The first-order chi connectivity index (χ1) is 7.31. The van der Waals surface area contributed by atoms with Gasteiger partial charge in [0.1, 0.15) is 5.75 Å². The number of halogens is 3. The monoisotopic (exact) mass is 236 g/mol. The highest BCUT2D eigenvalue weighted by atomic mass is 19.4. The van der Waals surface area contributed by atoms with Crippen molar-refractivity contribution in [1.82, 2.24) is 0 Å². The summed E-state index contributed by atoms with van der Waals surface area (Å²) in [5, 5.41) is 17.6. The van der Waals surface area contributed by atoms with E-state index in [4.69, 9.17) is 10.2 Å². The minimum absolute atomic E-state index is 0.452. The van der Waals surface area contributed by atoms with Crippen molar-refractivity contribution in [2.75, 3.05) is 0 Å². The van der Waals surface area contributed by atoms with Gasteiger partial charge in [-0.2, -0.15) is 0 Å². The molecule has 2 N–H and O–H groups in total. The number of carbonyl (C=O) groups is 1. The molecule has 0 aliphatic heterocycles. The number of carboxylic acids is 1. The first-order valence-electron chi connectivity index (χ1n) is 4.07. The zero-order valence-corrected chi connectivity index (χ0v) is 7.73. The van der Waals surface area contributed by atoms with Crippen molar-refractivity contribution in [3.63, 3.8) is 0 Å². The molecule has 0 aliphatic carbocycles. The third-order valence-corrected chi connectivity index (χ3v) is 1.67. The summed E-state index contributed by atoms with van der Waals surface area (Å²) in [5.74, 6) is -2.39. The predicted octanol–water partition coefficient (Wildman–Crippen LogP) is 1.70. The summed E-state index contributed by atoms with van der Waals surface area (Å²) in [6.45, 7) is 0. The molecule has 0 fully saturated rings. The van der Waals surface area contributed by atoms with Crippen LogP contribution in [0.1, 0.15) is 11.7 Å². The van der Waals surface area contributed by atoms with Gasteiger partial charge in [-0.1, -0.05) is 18.2 Å². The maximum Gasteiger partial charge on any atom is 0.573 e. The van der Waals surface area contributed by atoms with Crippen molar-refractivity contribution in [3.8, 4) is 5.75 Å². The zero-order chi connectivity index (χ0) is 12.3. The minimum Gasteiger partial charge on any atom is -0.479 e. The van der Waals surface area contributed by atoms with Crippen LogP contribution >= 0.6 is 0 Å². The molecule has 0 saturated carbocycles. The Bertz CT molecular complexity index is 389. The number of rotatable bonds is 3. The summed E-state index contributed by atoms with van der Waals surface area (Å²) < 4.78 is 39.4. The van der Waals surface area contributed by atoms with Gasteiger partial charge in [0.2, 0.25) is 0 Å². The molecule has 0 spiro atoms. The summed E-state index contributed by atoms with van der Waals surface area (Å²) in [7, 11) is 0. The van der Waals surface area contributed by atoms with Gasteiger partial charge >= 0.3 is 12.3 Å². The number of aliphatic hydroxyl groups is 1. The minimum atomic E-state index is -4.94. The number of para-hydroxylation sites is 1. The van der Waals surface area contributed by atoms with Gasteiger partial charge in [0.05, 0.1) is 0 Å². The molecule has 1 rings (SSSR count). The van der Waals surface area contributed by atoms with E-state index in [0.29, 0.717) is 0 Å². The summed E-state index contributed by atoms with van der Waals surface area (Å²) in [6, 6.07) is 4.50. The lowest BCUT2D eigenvalue weighted by Crippen LogP contribution is -2.20. The van der Waals surface area contributed by atoms with Crippen molar-refractivity contribution < 1.29 is 32.9 Å². The van der Waals surface area contributed by atoms with Crippen molar-refractivity contribution in [1.29, 1.82) is 0 Å². The molecule has 0 aliphatic rings. The molecular weight excluding hydrogens is 229 g/mol. The van der Waals surface area contributed by atoms with Crippen LogP contribution in [-0.4, -0.2) is 22.5 Å². The van der Waals surface area contributed by atoms with Crippen LogP contribution in [0.25, 0.3) is 0 Å². The van der Waals surface area contributed by atoms with E-state index in [1.165, 1.54) is 12.1 Å². The molecule has 0 saturated heterocycles. The molecule has 88 valence electrons. The molecule has 0 heterocycles. The topological polar surface area (TPSA) is 66.8 Å². The van der Waals surface area contributed by atoms with E-state index in [1.54, 1.807) is 0 Å². The lowest BCUT2D eigenvalue weighted by atomic mass is 10.1. The van der Waals surface area contributed by atoms with Gasteiger partial charge in [0, 0.05) is 5.56 Å². The maximum atomic E-state index is 11.9. The average molecular weight is 236 g/mol. The summed E-state index contributed by atoms with van der Waals surface area (Å²) in [4.78, 5) is 10.4. The van der Waals surface area contributed by atoms with E-state index in [-0.39, 0.29) is 0 Å². The number of ether oxygens (including phenoxy) is 1. The van der Waals surface area contributed by atoms with Crippen LogP contribution < -0.4 is 4.74 Å². The quantitative estimate of drug-likeness (QED) is 0.838. The molecule has 1 aromatic carbocycles. The Morgan fingerprint density at radius 2 is 1.88 bits per heavy atom. The van der Waals surface area contributed by atoms with Crippen molar-refractivity contribution in [3.05, 3.63) is 29.8 Å². The number of alkyl halides is 3. The molecule has 0 radical (unpaired) electrons. The van der Waals surface area contributed by atoms with Crippen LogP contribution in [0.2, 0.25) is 0 Å². The van der Waals surface area contributed by atoms with Gasteiger partial charge in [-0.15, -0.1) is 13.2 Å². The standard InChI is InChI=1S/C9H7F3O4/c10-9(11,12)16-6-4-2-1-3-5(6)7(13)8(14)15/h1-4,7,13H,(H,14,15)/t7-/m0/s1. The molecule has 0 amide bonds. The van der Waals surface area contributed by atoms with Crippen molar-refractivity contribution in [2.24, 2.45) is 0 Å². The van der Waals surface area contributed by atoms with Gasteiger partial charge in [0.15, 0.2) is 6.10 Å². The second kappa shape index (κ2) is 4.40. The molecule has 7 heteroatoms. The third kappa shape index (κ3) is 3.13. The van der Waals surface area contributed by atoms with Gasteiger partial charge in [0.25, 0.3) is 0 Å². The summed E-state index contributed by atoms with van der Waals surface area (Å²) in [5.41, 5.74) is -0.452. The van der Waals surface area contributed by atoms with E-state index >= 15 is 0 Å². The molecule has 1 aromatic rings. The predicted molar refractivity (Wildman–Crippen MR) is 45.7 cm³/mol. The Morgan fingerprint density at radius 1 is 1.31 bits per heavy atom. The van der Waals surface area contributed by atoms with Gasteiger partial charge < -0.3 is 14.9 Å². The largest absolute Gasteiger partial charge is 0.573 e. The van der Waals surface area contributed by atoms with E-state index < -0.39 is 29.7 Å². The normalized spacial score (nSPS) is 13.2. The first-order valence-corrected chi connectivity index (χ1v) is 4.07. The Kier molecular flexibility index (Phi) is 3.38. The van der Waals surface area contributed by atoms with Crippen LogP contribution in [0.15, 0.2) is 24.3 Å². The smallest absolute Gasteiger partial charge is 0.479 e. The number of aliphatic carboxylic acids is 1.